The largest absolute Gasteiger partial charge is 0.497 e. The lowest BCUT2D eigenvalue weighted by molar-refractivity contribution is 0.104. The zero-order valence-electron chi connectivity index (χ0n) is 17.2. The molecule has 2 heterocycles. The number of nitrogen functional groups attached to an aromatic ring is 1. The van der Waals surface area contributed by atoms with Crippen LogP contribution in [0.3, 0.4) is 0 Å². The van der Waals surface area contributed by atoms with E-state index in [9.17, 15) is 4.79 Å². The minimum Gasteiger partial charge on any atom is -0.497 e. The molecule has 0 fully saturated rings. The van der Waals surface area contributed by atoms with Crippen molar-refractivity contribution in [1.29, 1.82) is 0 Å². The normalized spacial score (nSPS) is 11.3. The van der Waals surface area contributed by atoms with E-state index in [0.717, 1.165) is 16.9 Å². The van der Waals surface area contributed by atoms with Crippen LogP contribution in [0.2, 0.25) is 0 Å². The second kappa shape index (κ2) is 9.76. The van der Waals surface area contributed by atoms with Crippen LogP contribution in [0.15, 0.2) is 89.4 Å². The smallest absolute Gasteiger partial charge is 0.185 e. The highest BCUT2D eigenvalue weighted by molar-refractivity contribution is 7.19. The van der Waals surface area contributed by atoms with E-state index < -0.39 is 0 Å². The number of thiazole rings is 1. The molecule has 0 aliphatic heterocycles. The van der Waals surface area contributed by atoms with E-state index in [1.54, 1.807) is 55.9 Å². The topological polar surface area (TPSA) is 103 Å². The van der Waals surface area contributed by atoms with E-state index in [4.69, 9.17) is 10.5 Å². The molecule has 8 heteroatoms. The van der Waals surface area contributed by atoms with Gasteiger partial charge in [-0.05, 0) is 60.2 Å². The predicted octanol–water partition coefficient (Wildman–Crippen LogP) is 6.11. The van der Waals surface area contributed by atoms with Crippen LogP contribution in [0.1, 0.15) is 15.9 Å². The Morgan fingerprint density at radius 3 is 2.53 bits per heavy atom. The van der Waals surface area contributed by atoms with Gasteiger partial charge in [-0.1, -0.05) is 29.5 Å². The predicted molar refractivity (Wildman–Crippen MR) is 127 cm³/mol. The minimum absolute atomic E-state index is 0.0987. The van der Waals surface area contributed by atoms with Gasteiger partial charge in [0.05, 0.1) is 12.8 Å². The number of hydrogen-bond acceptors (Lipinski definition) is 8. The van der Waals surface area contributed by atoms with E-state index in [1.807, 2.05) is 36.4 Å². The third-order valence-electron chi connectivity index (χ3n) is 4.51. The van der Waals surface area contributed by atoms with Crippen molar-refractivity contribution in [2.45, 2.75) is 0 Å². The molecular formula is C24H19N5O2S. The van der Waals surface area contributed by atoms with Crippen LogP contribution < -0.4 is 10.5 Å². The average Bonchev–Trinajstić information content (AvgIpc) is 3.23. The van der Waals surface area contributed by atoms with E-state index in [-0.39, 0.29) is 5.78 Å². The van der Waals surface area contributed by atoms with Crippen molar-refractivity contribution in [3.8, 4) is 17.0 Å². The number of benzene rings is 2. The summed E-state index contributed by atoms with van der Waals surface area (Å²) in [5, 5.41) is 9.57. The number of nitrogens with two attached hydrogens (primary N) is 1. The minimum atomic E-state index is -0.0987. The van der Waals surface area contributed by atoms with Crippen LogP contribution in [-0.2, 0) is 0 Å². The summed E-state index contributed by atoms with van der Waals surface area (Å²) in [6.45, 7) is 0. The molecular weight excluding hydrogens is 422 g/mol. The number of rotatable bonds is 7. The first-order chi connectivity index (χ1) is 15.6. The number of ether oxygens (including phenoxy) is 1. The number of hydrogen-bond donors (Lipinski definition) is 1. The van der Waals surface area contributed by atoms with Gasteiger partial charge in [-0.3, -0.25) is 9.78 Å². The Morgan fingerprint density at radius 2 is 1.84 bits per heavy atom. The summed E-state index contributed by atoms with van der Waals surface area (Å²) in [4.78, 5) is 20.9. The fourth-order valence-electron chi connectivity index (χ4n) is 2.87. The fourth-order valence-corrected chi connectivity index (χ4v) is 3.54. The molecule has 2 aromatic carbocycles. The standard InChI is InChI=1S/C24H19N5O2S/c1-31-20-11-4-16(5-12-20)6-13-21(30)17-7-9-19(10-8-17)28-29-23-22(27-24(25)32-23)18-3-2-14-26-15-18/h2-15H,1H3,(H2,25,27). The molecule has 0 amide bonds. The van der Waals surface area contributed by atoms with Crippen LogP contribution in [0, 0.1) is 0 Å². The summed E-state index contributed by atoms with van der Waals surface area (Å²) in [6, 6.07) is 18.1. The first-order valence-electron chi connectivity index (χ1n) is 9.67. The number of nitrogens with zero attached hydrogens (tertiary/aromatic N) is 4. The van der Waals surface area contributed by atoms with Gasteiger partial charge in [0.1, 0.15) is 11.4 Å². The molecule has 2 aromatic heterocycles. The summed E-state index contributed by atoms with van der Waals surface area (Å²) in [5.41, 5.74) is 9.41. The highest BCUT2D eigenvalue weighted by Gasteiger charge is 2.11. The average molecular weight is 442 g/mol. The van der Waals surface area contributed by atoms with Crippen LogP contribution in [0.4, 0.5) is 15.8 Å². The van der Waals surface area contributed by atoms with Gasteiger partial charge in [-0.2, -0.15) is 0 Å². The van der Waals surface area contributed by atoms with E-state index in [0.29, 0.717) is 27.1 Å². The molecule has 7 nitrogen and oxygen atoms in total. The number of allylic oxidation sites excluding steroid dienone is 1. The zero-order valence-corrected chi connectivity index (χ0v) is 18.0. The highest BCUT2D eigenvalue weighted by Crippen LogP contribution is 2.37. The third-order valence-corrected chi connectivity index (χ3v) is 5.28. The van der Waals surface area contributed by atoms with Crippen molar-refractivity contribution in [2.24, 2.45) is 10.2 Å². The second-order valence-electron chi connectivity index (χ2n) is 6.67. The summed E-state index contributed by atoms with van der Waals surface area (Å²) < 4.78 is 5.13. The van der Waals surface area contributed by atoms with Gasteiger partial charge >= 0.3 is 0 Å². The Bertz CT molecular complexity index is 1260. The molecule has 0 unspecified atom stereocenters. The number of methoxy groups -OCH3 is 1. The number of ketones is 1. The molecule has 32 heavy (non-hydrogen) atoms. The van der Waals surface area contributed by atoms with Crippen LogP contribution in [0.25, 0.3) is 17.3 Å². The number of carbonyl (C=O) groups excluding carboxylic acids is 1. The summed E-state index contributed by atoms with van der Waals surface area (Å²) in [5.74, 6) is 0.671. The first-order valence-corrected chi connectivity index (χ1v) is 10.5. The molecule has 4 rings (SSSR count). The van der Waals surface area contributed by atoms with Gasteiger partial charge in [-0.15, -0.1) is 10.2 Å². The zero-order chi connectivity index (χ0) is 22.3. The number of pyridine rings is 1. The highest BCUT2D eigenvalue weighted by atomic mass is 32.1. The quantitative estimate of drug-likeness (QED) is 0.212. The number of azo groups is 1. The maximum absolute atomic E-state index is 12.4. The van der Waals surface area contributed by atoms with E-state index in [1.165, 1.54) is 11.3 Å². The molecule has 0 radical (unpaired) electrons. The molecule has 0 aliphatic rings. The van der Waals surface area contributed by atoms with Crippen molar-refractivity contribution in [2.75, 3.05) is 12.8 Å². The SMILES string of the molecule is COc1ccc(C=CC(=O)c2ccc(N=Nc3sc(N)nc3-c3cccnc3)cc2)cc1. The van der Waals surface area contributed by atoms with Gasteiger partial charge in [-0.25, -0.2) is 4.98 Å². The Morgan fingerprint density at radius 1 is 1.06 bits per heavy atom. The van der Waals surface area contributed by atoms with Crippen molar-refractivity contribution >= 4 is 39.0 Å². The lowest BCUT2D eigenvalue weighted by atomic mass is 10.1. The lowest BCUT2D eigenvalue weighted by Gasteiger charge is -2.00. The maximum atomic E-state index is 12.4. The Labute approximate surface area is 189 Å². The number of aromatic nitrogens is 2. The summed E-state index contributed by atoms with van der Waals surface area (Å²) >= 11 is 1.25. The van der Waals surface area contributed by atoms with Gasteiger partial charge in [0.25, 0.3) is 0 Å². The van der Waals surface area contributed by atoms with Gasteiger partial charge in [0.2, 0.25) is 0 Å². The molecule has 0 bridgehead atoms. The Kier molecular flexibility index (Phi) is 6.43. The summed E-state index contributed by atoms with van der Waals surface area (Å²) in [6.07, 6.45) is 6.70. The molecule has 0 saturated carbocycles. The van der Waals surface area contributed by atoms with Crippen LogP contribution >= 0.6 is 11.3 Å². The molecule has 4 aromatic rings. The maximum Gasteiger partial charge on any atom is 0.185 e. The van der Waals surface area contributed by atoms with Crippen molar-refractivity contribution in [3.05, 3.63) is 90.3 Å². The Balaban J connectivity index is 1.45. The third kappa shape index (κ3) is 5.11. The molecule has 0 atom stereocenters. The molecule has 0 aliphatic carbocycles. The molecule has 0 spiro atoms. The van der Waals surface area contributed by atoms with E-state index in [2.05, 4.69) is 20.2 Å². The van der Waals surface area contributed by atoms with Gasteiger partial charge in [0.15, 0.2) is 15.9 Å². The monoisotopic (exact) mass is 441 g/mol. The molecule has 2 N–H and O–H groups in total. The van der Waals surface area contributed by atoms with Crippen molar-refractivity contribution in [1.82, 2.24) is 9.97 Å². The van der Waals surface area contributed by atoms with Crippen LogP contribution in [-0.4, -0.2) is 22.9 Å². The Hall–Kier alpha value is -4.17. The summed E-state index contributed by atoms with van der Waals surface area (Å²) in [7, 11) is 1.62. The lowest BCUT2D eigenvalue weighted by Crippen LogP contribution is -1.93. The molecule has 0 saturated heterocycles. The fraction of sp³-hybridized carbons (Fsp3) is 0.0417. The van der Waals surface area contributed by atoms with Crippen molar-refractivity contribution in [3.63, 3.8) is 0 Å². The van der Waals surface area contributed by atoms with Crippen LogP contribution in [0.5, 0.6) is 5.75 Å². The first kappa shape index (κ1) is 21.1. The number of anilines is 1. The molecule has 158 valence electrons. The van der Waals surface area contributed by atoms with Crippen molar-refractivity contribution < 1.29 is 9.53 Å². The van der Waals surface area contributed by atoms with Gasteiger partial charge in [0, 0.05) is 23.5 Å². The van der Waals surface area contributed by atoms with Gasteiger partial charge < -0.3 is 10.5 Å². The second-order valence-corrected chi connectivity index (χ2v) is 7.67. The number of carbonyl (C=O) groups is 1. The van der Waals surface area contributed by atoms with E-state index >= 15 is 0 Å².